The number of hydrogen-bond donors (Lipinski definition) is 1. The van der Waals surface area contributed by atoms with Crippen molar-refractivity contribution in [3.8, 4) is 5.69 Å². The van der Waals surface area contributed by atoms with Crippen LogP contribution in [-0.2, 0) is 0 Å². The second-order valence-corrected chi connectivity index (χ2v) is 6.57. The van der Waals surface area contributed by atoms with Crippen molar-refractivity contribution in [2.75, 3.05) is 5.32 Å². The van der Waals surface area contributed by atoms with Crippen LogP contribution >= 0.6 is 0 Å². The lowest BCUT2D eigenvalue weighted by Crippen LogP contribution is -2.15. The summed E-state index contributed by atoms with van der Waals surface area (Å²) in [4.78, 5) is 12.6. The fourth-order valence-electron chi connectivity index (χ4n) is 3.45. The van der Waals surface area contributed by atoms with Crippen LogP contribution in [0.1, 0.15) is 53.4 Å². The van der Waals surface area contributed by atoms with Gasteiger partial charge in [-0.05, 0) is 38.0 Å². The zero-order chi connectivity index (χ0) is 17.2. The summed E-state index contributed by atoms with van der Waals surface area (Å²) in [6.07, 6.45) is 6.35. The van der Waals surface area contributed by atoms with Crippen LogP contribution in [0.2, 0.25) is 0 Å². The maximum absolute atomic E-state index is 12.6. The number of carbonyl (C=O) groups is 1. The monoisotopic (exact) mass is 335 g/mol. The molecule has 1 aromatic carbocycles. The van der Waals surface area contributed by atoms with E-state index in [1.807, 2.05) is 48.0 Å². The Morgan fingerprint density at radius 3 is 2.64 bits per heavy atom. The topological polar surface area (TPSA) is 60.1 Å². The molecule has 0 radical (unpaired) electrons. The number of benzene rings is 1. The average Bonchev–Trinajstić information content (AvgIpc) is 3.35. The molecule has 25 heavy (non-hydrogen) atoms. The molecular weight excluding hydrogens is 314 g/mol. The molecule has 1 N–H and O–H groups in total. The van der Waals surface area contributed by atoms with Crippen LogP contribution in [0.5, 0.6) is 0 Å². The molecular formula is C20H21N3O2. The lowest BCUT2D eigenvalue weighted by molar-refractivity contribution is 0.0995. The summed E-state index contributed by atoms with van der Waals surface area (Å²) in [6, 6.07) is 13.7. The van der Waals surface area contributed by atoms with E-state index >= 15 is 0 Å². The normalized spacial score (nSPS) is 14.8. The fourth-order valence-corrected chi connectivity index (χ4v) is 3.45. The third-order valence-corrected chi connectivity index (χ3v) is 4.81. The molecule has 0 spiro atoms. The average molecular weight is 335 g/mol. The lowest BCUT2D eigenvalue weighted by atomic mass is 10.0. The molecule has 0 atom stereocenters. The first-order valence-electron chi connectivity index (χ1n) is 8.73. The molecule has 1 aliphatic rings. The van der Waals surface area contributed by atoms with Crippen molar-refractivity contribution in [3.63, 3.8) is 0 Å². The quantitative estimate of drug-likeness (QED) is 0.753. The van der Waals surface area contributed by atoms with Gasteiger partial charge in [-0.2, -0.15) is 5.10 Å². The molecule has 4 rings (SSSR count). The number of aryl methyl sites for hydroxylation is 1. The summed E-state index contributed by atoms with van der Waals surface area (Å²) in [5, 5.41) is 7.75. The highest BCUT2D eigenvalue weighted by molar-refractivity contribution is 6.02. The zero-order valence-corrected chi connectivity index (χ0v) is 14.2. The summed E-state index contributed by atoms with van der Waals surface area (Å²) in [7, 11) is 0. The third kappa shape index (κ3) is 3.09. The van der Waals surface area contributed by atoms with Crippen molar-refractivity contribution >= 4 is 11.7 Å². The van der Waals surface area contributed by atoms with Crippen LogP contribution in [0.4, 0.5) is 5.82 Å². The molecule has 0 aliphatic heterocycles. The maximum atomic E-state index is 12.6. The van der Waals surface area contributed by atoms with Crippen LogP contribution in [0.15, 0.2) is 53.1 Å². The minimum atomic E-state index is -0.252. The molecule has 128 valence electrons. The van der Waals surface area contributed by atoms with Crippen molar-refractivity contribution < 1.29 is 9.21 Å². The van der Waals surface area contributed by atoms with Gasteiger partial charge in [0.2, 0.25) is 0 Å². The summed E-state index contributed by atoms with van der Waals surface area (Å²) >= 11 is 0. The van der Waals surface area contributed by atoms with Crippen LogP contribution in [0.25, 0.3) is 5.69 Å². The second kappa shape index (κ2) is 6.59. The number of anilines is 1. The SMILES string of the molecule is Cc1ccoc1C(=O)Nc1cc(C2CCCC2)nn1-c1ccccc1. The molecule has 1 saturated carbocycles. The van der Waals surface area contributed by atoms with E-state index in [4.69, 9.17) is 9.52 Å². The van der Waals surface area contributed by atoms with Crippen molar-refractivity contribution in [3.05, 3.63) is 65.7 Å². The smallest absolute Gasteiger partial charge is 0.292 e. The number of rotatable bonds is 4. The first kappa shape index (κ1) is 15.7. The largest absolute Gasteiger partial charge is 0.459 e. The highest BCUT2D eigenvalue weighted by Crippen LogP contribution is 2.35. The minimum absolute atomic E-state index is 0.252. The lowest BCUT2D eigenvalue weighted by Gasteiger charge is -2.08. The Morgan fingerprint density at radius 2 is 1.96 bits per heavy atom. The van der Waals surface area contributed by atoms with Gasteiger partial charge >= 0.3 is 0 Å². The van der Waals surface area contributed by atoms with Gasteiger partial charge in [-0.3, -0.25) is 4.79 Å². The maximum Gasteiger partial charge on any atom is 0.292 e. The molecule has 1 aliphatic carbocycles. The highest BCUT2D eigenvalue weighted by Gasteiger charge is 2.23. The van der Waals surface area contributed by atoms with Gasteiger partial charge in [-0.25, -0.2) is 4.68 Å². The Kier molecular flexibility index (Phi) is 4.14. The standard InChI is InChI=1S/C20H21N3O2/c1-14-11-12-25-19(14)20(24)21-18-13-17(15-7-5-6-8-15)22-23(18)16-9-3-2-4-10-16/h2-4,9-13,15H,5-8H2,1H3,(H,21,24). The Bertz CT molecular complexity index is 873. The predicted octanol–water partition coefficient (Wildman–Crippen LogP) is 4.68. The number of carbonyl (C=O) groups excluding carboxylic acids is 1. The minimum Gasteiger partial charge on any atom is -0.459 e. The van der Waals surface area contributed by atoms with E-state index in [1.54, 1.807) is 6.07 Å². The van der Waals surface area contributed by atoms with Crippen LogP contribution in [0, 0.1) is 6.92 Å². The molecule has 1 fully saturated rings. The second-order valence-electron chi connectivity index (χ2n) is 6.57. The number of amides is 1. The molecule has 0 unspecified atom stereocenters. The molecule has 0 saturated heterocycles. The van der Waals surface area contributed by atoms with E-state index in [0.29, 0.717) is 17.5 Å². The van der Waals surface area contributed by atoms with Crippen molar-refractivity contribution in [2.24, 2.45) is 0 Å². The van der Waals surface area contributed by atoms with E-state index < -0.39 is 0 Å². The van der Waals surface area contributed by atoms with E-state index in [1.165, 1.54) is 19.1 Å². The van der Waals surface area contributed by atoms with Crippen LogP contribution in [0.3, 0.4) is 0 Å². The van der Waals surface area contributed by atoms with Crippen molar-refractivity contribution in [1.82, 2.24) is 9.78 Å². The number of hydrogen-bond acceptors (Lipinski definition) is 3. The van der Waals surface area contributed by atoms with Gasteiger partial charge < -0.3 is 9.73 Å². The third-order valence-electron chi connectivity index (χ3n) is 4.81. The molecule has 2 aromatic heterocycles. The Morgan fingerprint density at radius 1 is 1.20 bits per heavy atom. The van der Waals surface area contributed by atoms with E-state index in [0.717, 1.165) is 29.8 Å². The number of nitrogens with one attached hydrogen (secondary N) is 1. The molecule has 5 nitrogen and oxygen atoms in total. The molecule has 0 bridgehead atoms. The van der Waals surface area contributed by atoms with Crippen molar-refractivity contribution in [2.45, 2.75) is 38.5 Å². The number of para-hydroxylation sites is 1. The van der Waals surface area contributed by atoms with Gasteiger partial charge in [0.15, 0.2) is 5.76 Å². The first-order valence-corrected chi connectivity index (χ1v) is 8.73. The molecule has 5 heteroatoms. The van der Waals surface area contributed by atoms with Gasteiger partial charge in [0.05, 0.1) is 17.6 Å². The van der Waals surface area contributed by atoms with E-state index in [9.17, 15) is 4.79 Å². The number of furan rings is 1. The molecule has 2 heterocycles. The van der Waals surface area contributed by atoms with Crippen molar-refractivity contribution in [1.29, 1.82) is 0 Å². The molecule has 3 aromatic rings. The number of aromatic nitrogens is 2. The Hall–Kier alpha value is -2.82. The Balaban J connectivity index is 1.69. The van der Waals surface area contributed by atoms with Gasteiger partial charge in [0, 0.05) is 17.5 Å². The van der Waals surface area contributed by atoms with Crippen LogP contribution < -0.4 is 5.32 Å². The van der Waals surface area contributed by atoms with E-state index in [2.05, 4.69) is 5.32 Å². The summed E-state index contributed by atoms with van der Waals surface area (Å²) in [6.45, 7) is 1.86. The predicted molar refractivity (Wildman–Crippen MR) is 96.2 cm³/mol. The van der Waals surface area contributed by atoms with Crippen LogP contribution in [-0.4, -0.2) is 15.7 Å². The first-order chi connectivity index (χ1) is 12.2. The number of nitrogens with zero attached hydrogens (tertiary/aromatic N) is 2. The highest BCUT2D eigenvalue weighted by atomic mass is 16.3. The zero-order valence-electron chi connectivity index (χ0n) is 14.2. The summed E-state index contributed by atoms with van der Waals surface area (Å²) in [5.74, 6) is 1.24. The Labute approximate surface area is 146 Å². The van der Waals surface area contributed by atoms with Gasteiger partial charge in [0.25, 0.3) is 5.91 Å². The molecule has 1 amide bonds. The fraction of sp³-hybridized carbons (Fsp3) is 0.300. The summed E-state index contributed by atoms with van der Waals surface area (Å²) in [5.41, 5.74) is 2.80. The van der Waals surface area contributed by atoms with E-state index in [-0.39, 0.29) is 5.91 Å². The van der Waals surface area contributed by atoms with Gasteiger partial charge in [0.1, 0.15) is 5.82 Å². The van der Waals surface area contributed by atoms with Gasteiger partial charge in [-0.15, -0.1) is 0 Å². The summed E-state index contributed by atoms with van der Waals surface area (Å²) < 4.78 is 7.12. The van der Waals surface area contributed by atoms with Gasteiger partial charge in [-0.1, -0.05) is 31.0 Å².